The normalized spacial score (nSPS) is 20.8. The lowest BCUT2D eigenvalue weighted by Crippen LogP contribution is -2.48. The van der Waals surface area contributed by atoms with E-state index in [9.17, 15) is 24.3 Å². The molecule has 44 heavy (non-hydrogen) atoms. The number of hydrogen-bond donors (Lipinski definition) is 3. The second-order valence-electron chi connectivity index (χ2n) is 11.4. The molecule has 2 heterocycles. The number of rotatable bonds is 10. The Bertz CT molecular complexity index is 1280. The van der Waals surface area contributed by atoms with Gasteiger partial charge in [0.25, 0.3) is 0 Å². The zero-order chi connectivity index (χ0) is 31.1. The van der Waals surface area contributed by atoms with E-state index in [1.165, 1.54) is 0 Å². The van der Waals surface area contributed by atoms with Crippen molar-refractivity contribution in [3.8, 4) is 0 Å². The number of hydrogen-bond acceptors (Lipinski definition) is 7. The summed E-state index contributed by atoms with van der Waals surface area (Å²) in [6.07, 6.45) is 6.71. The van der Waals surface area contributed by atoms with Gasteiger partial charge in [0.05, 0.1) is 24.6 Å². The molecule has 0 saturated carbocycles. The van der Waals surface area contributed by atoms with Crippen molar-refractivity contribution < 1.29 is 33.8 Å². The Morgan fingerprint density at radius 3 is 2.59 bits per heavy atom. The Hall–Kier alpha value is -4.18. The Labute approximate surface area is 258 Å². The van der Waals surface area contributed by atoms with Gasteiger partial charge < -0.3 is 30.1 Å². The lowest BCUT2D eigenvalue weighted by Gasteiger charge is -2.36. The van der Waals surface area contributed by atoms with Crippen LogP contribution in [0.1, 0.15) is 61.6 Å². The third kappa shape index (κ3) is 10.2. The molecule has 0 aliphatic carbocycles. The summed E-state index contributed by atoms with van der Waals surface area (Å²) in [7, 11) is 0. The second-order valence-corrected chi connectivity index (χ2v) is 11.4. The summed E-state index contributed by atoms with van der Waals surface area (Å²) in [5, 5.41) is 15.8. The number of carbonyl (C=O) groups is 4. The van der Waals surface area contributed by atoms with E-state index in [0.29, 0.717) is 51.6 Å². The van der Waals surface area contributed by atoms with E-state index in [1.54, 1.807) is 4.90 Å². The van der Waals surface area contributed by atoms with Crippen LogP contribution in [0.2, 0.25) is 0 Å². The van der Waals surface area contributed by atoms with Crippen LogP contribution in [0.4, 0.5) is 4.79 Å². The summed E-state index contributed by atoms with van der Waals surface area (Å²) < 4.78 is 10.7. The van der Waals surface area contributed by atoms with Gasteiger partial charge in [0.15, 0.2) is 0 Å². The van der Waals surface area contributed by atoms with E-state index in [0.717, 1.165) is 16.7 Å². The van der Waals surface area contributed by atoms with Gasteiger partial charge in [0.1, 0.15) is 13.2 Å². The average Bonchev–Trinajstić information content (AvgIpc) is 3.04. The van der Waals surface area contributed by atoms with Gasteiger partial charge in [0.2, 0.25) is 11.8 Å². The van der Waals surface area contributed by atoms with Crippen LogP contribution in [-0.4, -0.2) is 65.7 Å². The number of carbonyl (C=O) groups excluding carboxylic acids is 4. The van der Waals surface area contributed by atoms with Gasteiger partial charge in [-0.1, -0.05) is 66.7 Å². The number of alkyl carbamates (subject to hydrolysis) is 1. The van der Waals surface area contributed by atoms with Gasteiger partial charge in [-0.2, -0.15) is 0 Å². The lowest BCUT2D eigenvalue weighted by molar-refractivity contribution is -0.145. The second kappa shape index (κ2) is 17.2. The van der Waals surface area contributed by atoms with Crippen molar-refractivity contribution in [3.05, 3.63) is 83.4 Å². The maximum Gasteiger partial charge on any atom is 0.407 e. The van der Waals surface area contributed by atoms with Crippen LogP contribution in [0.5, 0.6) is 0 Å². The fourth-order valence-corrected chi connectivity index (χ4v) is 5.50. The summed E-state index contributed by atoms with van der Waals surface area (Å²) >= 11 is 0. The number of unbranched alkanes of at least 4 members (excludes halogenated alkanes) is 1. The van der Waals surface area contributed by atoms with Gasteiger partial charge in [-0.05, 0) is 55.2 Å². The number of aliphatic hydroxyl groups is 1. The minimum atomic E-state index is -0.603. The van der Waals surface area contributed by atoms with Crippen molar-refractivity contribution in [1.82, 2.24) is 15.5 Å². The molecule has 0 aromatic heterocycles. The van der Waals surface area contributed by atoms with Crippen molar-refractivity contribution in [2.75, 3.05) is 19.8 Å². The Balaban J connectivity index is 1.30. The summed E-state index contributed by atoms with van der Waals surface area (Å²) in [5.41, 5.74) is 3.08. The van der Waals surface area contributed by atoms with Crippen molar-refractivity contribution in [2.24, 2.45) is 5.92 Å². The number of nitrogens with zero attached hydrogens (tertiary/aromatic N) is 1. The first-order valence-corrected chi connectivity index (χ1v) is 15.5. The van der Waals surface area contributed by atoms with Gasteiger partial charge >= 0.3 is 12.1 Å². The highest BCUT2D eigenvalue weighted by atomic mass is 16.5. The first-order valence-electron chi connectivity index (χ1n) is 15.5. The molecule has 0 saturated heterocycles. The zero-order valence-electron chi connectivity index (χ0n) is 25.1. The summed E-state index contributed by atoms with van der Waals surface area (Å²) in [4.78, 5) is 52.9. The van der Waals surface area contributed by atoms with E-state index >= 15 is 0 Å². The summed E-state index contributed by atoms with van der Waals surface area (Å²) in [6, 6.07) is 16.6. The highest BCUT2D eigenvalue weighted by Gasteiger charge is 2.32. The molecular weight excluding hydrogens is 562 g/mol. The fourth-order valence-electron chi connectivity index (χ4n) is 5.50. The molecule has 3 atom stereocenters. The molecule has 4 rings (SSSR count). The molecule has 2 aliphatic rings. The third-order valence-electron chi connectivity index (χ3n) is 8.03. The quantitative estimate of drug-likeness (QED) is 0.213. The average molecular weight is 606 g/mol. The minimum Gasteiger partial charge on any atom is -0.463 e. The molecule has 10 nitrogen and oxygen atoms in total. The largest absolute Gasteiger partial charge is 0.463 e. The first kappa shape index (κ1) is 32.7. The predicted molar refractivity (Wildman–Crippen MR) is 164 cm³/mol. The van der Waals surface area contributed by atoms with Crippen LogP contribution in [-0.2, 0) is 43.4 Å². The van der Waals surface area contributed by atoms with Crippen LogP contribution in [0, 0.1) is 5.92 Å². The van der Waals surface area contributed by atoms with Gasteiger partial charge in [0, 0.05) is 25.9 Å². The molecular formula is C34H43N3O7. The van der Waals surface area contributed by atoms with E-state index < -0.39 is 18.1 Å². The predicted octanol–water partition coefficient (Wildman–Crippen LogP) is 3.80. The highest BCUT2D eigenvalue weighted by molar-refractivity contribution is 5.86. The topological polar surface area (TPSA) is 134 Å². The van der Waals surface area contributed by atoms with Crippen molar-refractivity contribution in [1.29, 1.82) is 0 Å². The SMILES string of the molecule is O=C1CCC=CCC(CC(=O)N2Cc3ccccc3CC2CO)C(=O)NC(CCCCNC(=O)OCc2ccccc2)CO1. The summed E-state index contributed by atoms with van der Waals surface area (Å²) in [5.74, 6) is -1.38. The van der Waals surface area contributed by atoms with Crippen LogP contribution in [0.25, 0.3) is 0 Å². The van der Waals surface area contributed by atoms with Crippen LogP contribution in [0.15, 0.2) is 66.7 Å². The van der Waals surface area contributed by atoms with E-state index in [1.807, 2.05) is 66.7 Å². The minimum absolute atomic E-state index is 0.0103. The lowest BCUT2D eigenvalue weighted by atomic mass is 9.92. The smallest absolute Gasteiger partial charge is 0.407 e. The maximum atomic E-state index is 13.5. The monoisotopic (exact) mass is 605 g/mol. The molecule has 2 aromatic carbocycles. The molecule has 2 aliphatic heterocycles. The Morgan fingerprint density at radius 1 is 1.02 bits per heavy atom. The Morgan fingerprint density at radius 2 is 1.80 bits per heavy atom. The standard InChI is InChI=1S/C34H43N3O7/c38-22-30-19-26-13-7-8-15-28(26)21-37(30)31(39)20-27-14-5-2-6-17-32(40)43-24-29(36-33(27)41)16-9-10-18-35-34(42)44-23-25-11-3-1-4-12-25/h1-5,7-8,11-13,15,27,29-30,38H,6,9-10,14,16-24H2,(H,35,42)(H,36,41). The number of fused-ring (bicyclic) bond motifs is 1. The van der Waals surface area contributed by atoms with Gasteiger partial charge in [-0.3, -0.25) is 14.4 Å². The van der Waals surface area contributed by atoms with E-state index in [-0.39, 0.29) is 56.5 Å². The van der Waals surface area contributed by atoms with Gasteiger partial charge in [-0.15, -0.1) is 0 Å². The van der Waals surface area contributed by atoms with E-state index in [2.05, 4.69) is 10.6 Å². The number of benzene rings is 2. The number of allylic oxidation sites excluding steroid dienone is 2. The molecule has 10 heteroatoms. The number of nitrogens with one attached hydrogen (secondary N) is 2. The molecule has 2 aromatic rings. The molecule has 0 spiro atoms. The zero-order valence-corrected chi connectivity index (χ0v) is 25.1. The first-order chi connectivity index (χ1) is 21.4. The van der Waals surface area contributed by atoms with Crippen LogP contribution < -0.4 is 10.6 Å². The Kier molecular flexibility index (Phi) is 12.8. The van der Waals surface area contributed by atoms with Crippen molar-refractivity contribution in [2.45, 2.75) is 76.6 Å². The molecule has 0 radical (unpaired) electrons. The van der Waals surface area contributed by atoms with Crippen LogP contribution >= 0.6 is 0 Å². The molecule has 236 valence electrons. The molecule has 3 unspecified atom stereocenters. The summed E-state index contributed by atoms with van der Waals surface area (Å²) in [6.45, 7) is 0.884. The van der Waals surface area contributed by atoms with Gasteiger partial charge in [-0.25, -0.2) is 4.79 Å². The molecule has 0 bridgehead atoms. The number of aliphatic hydroxyl groups excluding tert-OH is 1. The molecule has 0 fully saturated rings. The number of amides is 3. The van der Waals surface area contributed by atoms with Crippen molar-refractivity contribution in [3.63, 3.8) is 0 Å². The van der Waals surface area contributed by atoms with Crippen LogP contribution in [0.3, 0.4) is 0 Å². The van der Waals surface area contributed by atoms with Crippen molar-refractivity contribution >= 4 is 23.9 Å². The maximum absolute atomic E-state index is 13.5. The molecule has 3 amide bonds. The third-order valence-corrected chi connectivity index (χ3v) is 8.03. The fraction of sp³-hybridized carbons (Fsp3) is 0.471. The number of cyclic esters (lactones) is 1. The highest BCUT2D eigenvalue weighted by Crippen LogP contribution is 2.25. The van der Waals surface area contributed by atoms with E-state index in [4.69, 9.17) is 9.47 Å². The number of esters is 1. The molecule has 3 N–H and O–H groups in total. The number of ether oxygens (including phenoxy) is 2.